The summed E-state index contributed by atoms with van der Waals surface area (Å²) in [5, 5.41) is 15.4. The first kappa shape index (κ1) is 16.0. The molecule has 0 aromatic heterocycles. The molecule has 0 amide bonds. The maximum atomic E-state index is 9.92. The van der Waals surface area contributed by atoms with Gasteiger partial charge in [-0.25, -0.2) is 0 Å². The molecule has 1 aliphatic rings. The molecule has 3 rings (SSSR count). The Morgan fingerprint density at radius 3 is 2.61 bits per heavy atom. The molecule has 0 heterocycles. The van der Waals surface area contributed by atoms with Crippen LogP contribution in [0.1, 0.15) is 31.9 Å². The van der Waals surface area contributed by atoms with Crippen molar-refractivity contribution in [3.8, 4) is 0 Å². The third-order valence-electron chi connectivity index (χ3n) is 3.82. The lowest BCUT2D eigenvalue weighted by Crippen LogP contribution is -2.39. The zero-order valence-corrected chi connectivity index (χ0v) is 13.9. The van der Waals surface area contributed by atoms with Crippen LogP contribution < -0.4 is 10.8 Å². The minimum Gasteiger partial charge on any atom is -0.376 e. The summed E-state index contributed by atoms with van der Waals surface area (Å²) in [6.45, 7) is 7.26. The Morgan fingerprint density at radius 2 is 1.87 bits per heavy atom. The number of hydroxylamine groups is 1. The van der Waals surface area contributed by atoms with Crippen LogP contribution in [0.3, 0.4) is 0 Å². The van der Waals surface area contributed by atoms with Crippen molar-refractivity contribution in [3.63, 3.8) is 0 Å². The van der Waals surface area contributed by atoms with E-state index < -0.39 is 6.23 Å². The lowest BCUT2D eigenvalue weighted by Gasteiger charge is -2.22. The standard InChI is InChI=1S/C19H24N2O2/c1-19(2,3)12-20-17(22)11-23-21-16-10-14-8-4-6-13-7-5-9-15(16)18(13)14/h4-10,17,20-22H,11-12H2,1-3H3/t17-/m0/s1. The predicted molar refractivity (Wildman–Crippen MR) is 94.4 cm³/mol. The summed E-state index contributed by atoms with van der Waals surface area (Å²) in [7, 11) is 0. The van der Waals surface area contributed by atoms with Crippen LogP contribution in [0.5, 0.6) is 0 Å². The number of nitrogens with one attached hydrogen (secondary N) is 2. The number of aliphatic hydroxyl groups excluding tert-OH is 1. The molecular weight excluding hydrogens is 288 g/mol. The lowest BCUT2D eigenvalue weighted by atomic mass is 9.97. The van der Waals surface area contributed by atoms with E-state index in [2.05, 4.69) is 68.0 Å². The maximum absolute atomic E-state index is 9.92. The van der Waals surface area contributed by atoms with Crippen molar-refractivity contribution in [2.75, 3.05) is 13.2 Å². The van der Waals surface area contributed by atoms with Crippen LogP contribution in [-0.2, 0) is 4.84 Å². The smallest absolute Gasteiger partial charge is 0.131 e. The minimum absolute atomic E-state index is 0.125. The second-order valence-corrected chi connectivity index (χ2v) is 7.18. The largest absolute Gasteiger partial charge is 0.376 e. The van der Waals surface area contributed by atoms with Crippen molar-refractivity contribution in [1.29, 1.82) is 0 Å². The van der Waals surface area contributed by atoms with Crippen LogP contribution in [0.25, 0.3) is 22.5 Å². The monoisotopic (exact) mass is 312 g/mol. The molecule has 0 unspecified atom stereocenters. The molecule has 1 aliphatic carbocycles. The molecule has 0 saturated heterocycles. The molecule has 3 N–H and O–H groups in total. The molecule has 4 heteroatoms. The molecule has 0 saturated carbocycles. The molecule has 0 spiro atoms. The Morgan fingerprint density at radius 1 is 1.13 bits per heavy atom. The van der Waals surface area contributed by atoms with Gasteiger partial charge in [0.1, 0.15) is 12.8 Å². The van der Waals surface area contributed by atoms with E-state index in [9.17, 15) is 5.11 Å². The van der Waals surface area contributed by atoms with Crippen LogP contribution in [-0.4, -0.2) is 24.5 Å². The predicted octanol–water partition coefficient (Wildman–Crippen LogP) is 3.13. The Labute approximate surface area is 137 Å². The Bertz CT molecular complexity index is 726. The number of aliphatic hydroxyl groups is 1. The van der Waals surface area contributed by atoms with Crippen molar-refractivity contribution in [3.05, 3.63) is 47.5 Å². The van der Waals surface area contributed by atoms with Gasteiger partial charge >= 0.3 is 0 Å². The van der Waals surface area contributed by atoms with Gasteiger partial charge in [-0.15, -0.1) is 0 Å². The van der Waals surface area contributed by atoms with Gasteiger partial charge in [0.05, 0.1) is 5.70 Å². The number of hydrogen-bond acceptors (Lipinski definition) is 4. The molecule has 2 aromatic carbocycles. The van der Waals surface area contributed by atoms with E-state index in [1.54, 1.807) is 0 Å². The second-order valence-electron chi connectivity index (χ2n) is 7.18. The van der Waals surface area contributed by atoms with Crippen molar-refractivity contribution in [1.82, 2.24) is 10.8 Å². The molecule has 2 aromatic rings. The normalized spacial score (nSPS) is 14.9. The summed E-state index contributed by atoms with van der Waals surface area (Å²) in [4.78, 5) is 5.48. The summed E-state index contributed by atoms with van der Waals surface area (Å²) in [6.07, 6.45) is 1.38. The van der Waals surface area contributed by atoms with Gasteiger partial charge in [0.2, 0.25) is 0 Å². The zero-order valence-electron chi connectivity index (χ0n) is 13.9. The van der Waals surface area contributed by atoms with Gasteiger partial charge in [-0.2, -0.15) is 0 Å². The zero-order chi connectivity index (χ0) is 16.4. The molecule has 0 aliphatic heterocycles. The molecule has 0 fully saturated rings. The average molecular weight is 312 g/mol. The first-order valence-corrected chi connectivity index (χ1v) is 7.97. The van der Waals surface area contributed by atoms with E-state index >= 15 is 0 Å². The summed E-state index contributed by atoms with van der Waals surface area (Å²) >= 11 is 0. The third-order valence-corrected chi connectivity index (χ3v) is 3.82. The molecule has 4 nitrogen and oxygen atoms in total. The van der Waals surface area contributed by atoms with Gasteiger partial charge in [0.25, 0.3) is 0 Å². The van der Waals surface area contributed by atoms with Gasteiger partial charge in [0.15, 0.2) is 0 Å². The molecule has 0 bridgehead atoms. The topological polar surface area (TPSA) is 53.5 Å². The van der Waals surface area contributed by atoms with Gasteiger partial charge < -0.3 is 5.11 Å². The quantitative estimate of drug-likeness (QED) is 0.567. The van der Waals surface area contributed by atoms with Crippen LogP contribution in [0.4, 0.5) is 0 Å². The van der Waals surface area contributed by atoms with E-state index in [4.69, 9.17) is 4.84 Å². The number of benzene rings is 2. The first-order valence-electron chi connectivity index (χ1n) is 7.97. The van der Waals surface area contributed by atoms with Crippen molar-refractivity contribution in [2.24, 2.45) is 5.41 Å². The third kappa shape index (κ3) is 3.72. The highest BCUT2D eigenvalue weighted by Gasteiger charge is 2.17. The SMILES string of the molecule is CC(C)(C)CN[C@@H](O)CONC1=Cc2cccc3cccc1c23. The highest BCUT2D eigenvalue weighted by molar-refractivity contribution is 6.08. The van der Waals surface area contributed by atoms with E-state index in [-0.39, 0.29) is 12.0 Å². The summed E-state index contributed by atoms with van der Waals surface area (Å²) in [5.74, 6) is 0. The van der Waals surface area contributed by atoms with E-state index in [1.807, 2.05) is 6.07 Å². The Hall–Kier alpha value is -1.88. The van der Waals surface area contributed by atoms with E-state index in [0.717, 1.165) is 17.8 Å². The first-order chi connectivity index (χ1) is 10.9. The Kier molecular flexibility index (Phi) is 4.39. The second kappa shape index (κ2) is 6.32. The molecule has 1 atom stereocenters. The van der Waals surface area contributed by atoms with Crippen molar-refractivity contribution >= 4 is 22.5 Å². The average Bonchev–Trinajstić information content (AvgIpc) is 2.85. The van der Waals surface area contributed by atoms with Crippen LogP contribution in [0, 0.1) is 5.41 Å². The van der Waals surface area contributed by atoms with Gasteiger partial charge in [-0.1, -0.05) is 57.2 Å². The highest BCUT2D eigenvalue weighted by Crippen LogP contribution is 2.34. The fraction of sp³-hybridized carbons (Fsp3) is 0.368. The van der Waals surface area contributed by atoms with Crippen LogP contribution >= 0.6 is 0 Å². The van der Waals surface area contributed by atoms with E-state index in [1.165, 1.54) is 16.3 Å². The summed E-state index contributed by atoms with van der Waals surface area (Å²) in [6, 6.07) is 12.5. The molecule has 23 heavy (non-hydrogen) atoms. The fourth-order valence-electron chi connectivity index (χ4n) is 2.71. The highest BCUT2D eigenvalue weighted by atomic mass is 16.6. The molecular formula is C19H24N2O2. The van der Waals surface area contributed by atoms with Crippen molar-refractivity contribution < 1.29 is 9.94 Å². The number of hydrogen-bond donors (Lipinski definition) is 3. The summed E-state index contributed by atoms with van der Waals surface area (Å²) < 4.78 is 0. The number of rotatable bonds is 6. The fourth-order valence-corrected chi connectivity index (χ4v) is 2.71. The van der Waals surface area contributed by atoms with E-state index in [0.29, 0.717) is 0 Å². The lowest BCUT2D eigenvalue weighted by molar-refractivity contribution is -0.0134. The van der Waals surface area contributed by atoms with Crippen LogP contribution in [0.2, 0.25) is 0 Å². The maximum Gasteiger partial charge on any atom is 0.131 e. The molecule has 0 radical (unpaired) electrons. The Balaban J connectivity index is 1.58. The van der Waals surface area contributed by atoms with Gasteiger partial charge in [0, 0.05) is 12.1 Å². The minimum atomic E-state index is -0.693. The van der Waals surface area contributed by atoms with Crippen LogP contribution in [0.15, 0.2) is 36.4 Å². The summed E-state index contributed by atoms with van der Waals surface area (Å²) in [5.41, 5.74) is 6.36. The van der Waals surface area contributed by atoms with Crippen molar-refractivity contribution in [2.45, 2.75) is 27.0 Å². The molecule has 122 valence electrons. The van der Waals surface area contributed by atoms with Gasteiger partial charge in [-0.05, 0) is 27.8 Å². The van der Waals surface area contributed by atoms with Gasteiger partial charge in [-0.3, -0.25) is 15.6 Å².